The lowest BCUT2D eigenvalue weighted by molar-refractivity contribution is -0.142. The SMILES string of the molecule is CC(=O)c1c[nH]c(C(=O)NCC(C(=O)O)C(C)C)c1. The Balaban J connectivity index is 2.64. The van der Waals surface area contributed by atoms with Crippen molar-refractivity contribution < 1.29 is 19.5 Å². The van der Waals surface area contributed by atoms with Crippen LogP contribution in [0.5, 0.6) is 0 Å². The van der Waals surface area contributed by atoms with Crippen LogP contribution < -0.4 is 5.32 Å². The molecule has 0 saturated heterocycles. The first kappa shape index (κ1) is 14.9. The van der Waals surface area contributed by atoms with Gasteiger partial charge in [0, 0.05) is 18.3 Å². The van der Waals surface area contributed by atoms with Crippen LogP contribution in [0.3, 0.4) is 0 Å². The quantitative estimate of drug-likeness (QED) is 0.676. The summed E-state index contributed by atoms with van der Waals surface area (Å²) in [6, 6.07) is 1.45. The van der Waals surface area contributed by atoms with Gasteiger partial charge in [-0.1, -0.05) is 13.8 Å². The topological polar surface area (TPSA) is 99.3 Å². The number of hydrogen-bond acceptors (Lipinski definition) is 3. The summed E-state index contributed by atoms with van der Waals surface area (Å²) in [5, 5.41) is 11.6. The minimum Gasteiger partial charge on any atom is -0.481 e. The van der Waals surface area contributed by atoms with Gasteiger partial charge in [-0.25, -0.2) is 0 Å². The monoisotopic (exact) mass is 266 g/mol. The molecule has 3 N–H and O–H groups in total. The number of carbonyl (C=O) groups is 3. The van der Waals surface area contributed by atoms with Gasteiger partial charge in [-0.15, -0.1) is 0 Å². The van der Waals surface area contributed by atoms with E-state index in [0.29, 0.717) is 5.56 Å². The maximum atomic E-state index is 11.8. The number of carboxylic acid groups (broad SMARTS) is 1. The molecule has 19 heavy (non-hydrogen) atoms. The van der Waals surface area contributed by atoms with E-state index in [0.717, 1.165) is 0 Å². The number of carboxylic acids is 1. The zero-order valence-corrected chi connectivity index (χ0v) is 11.2. The molecule has 1 amide bonds. The minimum absolute atomic E-state index is 0.0558. The first-order valence-electron chi connectivity index (χ1n) is 6.03. The van der Waals surface area contributed by atoms with Crippen molar-refractivity contribution in [2.45, 2.75) is 20.8 Å². The largest absolute Gasteiger partial charge is 0.481 e. The van der Waals surface area contributed by atoms with Gasteiger partial charge in [0.25, 0.3) is 5.91 Å². The molecule has 104 valence electrons. The lowest BCUT2D eigenvalue weighted by atomic mass is 9.96. The predicted molar refractivity (Wildman–Crippen MR) is 69.1 cm³/mol. The van der Waals surface area contributed by atoms with Crippen molar-refractivity contribution in [1.82, 2.24) is 10.3 Å². The second-order valence-electron chi connectivity index (χ2n) is 4.76. The number of aromatic amines is 1. The Morgan fingerprint density at radius 2 is 2.00 bits per heavy atom. The molecule has 1 aromatic heterocycles. The van der Waals surface area contributed by atoms with Crippen molar-refractivity contribution in [3.05, 3.63) is 23.5 Å². The molecule has 0 aliphatic rings. The first-order chi connectivity index (χ1) is 8.82. The number of ketones is 1. The summed E-state index contributed by atoms with van der Waals surface area (Å²) in [7, 11) is 0. The number of amides is 1. The number of carbonyl (C=O) groups excluding carboxylic acids is 2. The molecule has 6 nitrogen and oxygen atoms in total. The Kier molecular flexibility index (Phi) is 4.86. The van der Waals surface area contributed by atoms with E-state index in [2.05, 4.69) is 10.3 Å². The molecule has 0 spiro atoms. The Bertz CT molecular complexity index is 491. The number of H-pyrrole nitrogens is 1. The van der Waals surface area contributed by atoms with Crippen LogP contribution in [0.1, 0.15) is 41.6 Å². The van der Waals surface area contributed by atoms with Gasteiger partial charge < -0.3 is 15.4 Å². The van der Waals surface area contributed by atoms with Crippen molar-refractivity contribution in [3.63, 3.8) is 0 Å². The third-order valence-electron chi connectivity index (χ3n) is 2.94. The predicted octanol–water partition coefficient (Wildman–Crippen LogP) is 1.30. The summed E-state index contributed by atoms with van der Waals surface area (Å²) < 4.78 is 0. The molecule has 0 aliphatic heterocycles. The van der Waals surface area contributed by atoms with Crippen LogP contribution in [0, 0.1) is 11.8 Å². The van der Waals surface area contributed by atoms with E-state index in [9.17, 15) is 14.4 Å². The van der Waals surface area contributed by atoms with Crippen molar-refractivity contribution in [2.24, 2.45) is 11.8 Å². The fourth-order valence-corrected chi connectivity index (χ4v) is 1.63. The molecule has 0 aliphatic carbocycles. The van der Waals surface area contributed by atoms with E-state index >= 15 is 0 Å². The highest BCUT2D eigenvalue weighted by molar-refractivity contribution is 5.99. The van der Waals surface area contributed by atoms with Crippen LogP contribution in [0.4, 0.5) is 0 Å². The first-order valence-corrected chi connectivity index (χ1v) is 6.03. The second kappa shape index (κ2) is 6.17. The van der Waals surface area contributed by atoms with Crippen molar-refractivity contribution in [1.29, 1.82) is 0 Å². The van der Waals surface area contributed by atoms with Gasteiger partial charge >= 0.3 is 5.97 Å². The average molecular weight is 266 g/mol. The van der Waals surface area contributed by atoms with Crippen LogP contribution >= 0.6 is 0 Å². The van der Waals surface area contributed by atoms with Crippen molar-refractivity contribution in [3.8, 4) is 0 Å². The van der Waals surface area contributed by atoms with E-state index in [1.54, 1.807) is 13.8 Å². The summed E-state index contributed by atoms with van der Waals surface area (Å²) in [5.74, 6) is -2.20. The number of rotatable bonds is 6. The molecule has 1 atom stereocenters. The highest BCUT2D eigenvalue weighted by Gasteiger charge is 2.22. The highest BCUT2D eigenvalue weighted by Crippen LogP contribution is 2.10. The van der Waals surface area contributed by atoms with E-state index in [4.69, 9.17) is 5.11 Å². The van der Waals surface area contributed by atoms with E-state index in [-0.39, 0.29) is 23.9 Å². The van der Waals surface area contributed by atoms with Crippen LogP contribution in [-0.2, 0) is 4.79 Å². The van der Waals surface area contributed by atoms with E-state index in [1.165, 1.54) is 19.2 Å². The summed E-state index contributed by atoms with van der Waals surface area (Å²) >= 11 is 0. The van der Waals surface area contributed by atoms with E-state index in [1.807, 2.05) is 0 Å². The zero-order valence-electron chi connectivity index (χ0n) is 11.2. The smallest absolute Gasteiger partial charge is 0.308 e. The van der Waals surface area contributed by atoms with E-state index < -0.39 is 17.8 Å². The molecule has 1 rings (SSSR count). The maximum absolute atomic E-state index is 11.8. The van der Waals surface area contributed by atoms with Gasteiger partial charge in [-0.05, 0) is 18.9 Å². The number of nitrogens with one attached hydrogen (secondary N) is 2. The Labute approximate surface area is 111 Å². The second-order valence-corrected chi connectivity index (χ2v) is 4.76. The molecule has 0 bridgehead atoms. The Hall–Kier alpha value is -2.11. The Morgan fingerprint density at radius 1 is 1.37 bits per heavy atom. The fraction of sp³-hybridized carbons (Fsp3) is 0.462. The van der Waals surface area contributed by atoms with Crippen LogP contribution in [0.25, 0.3) is 0 Å². The molecule has 0 aromatic carbocycles. The maximum Gasteiger partial charge on any atom is 0.308 e. The van der Waals surface area contributed by atoms with Gasteiger partial charge in [-0.2, -0.15) is 0 Å². The lowest BCUT2D eigenvalue weighted by Crippen LogP contribution is -2.35. The molecular formula is C13H18N2O4. The number of Topliss-reactive ketones (excluding diaryl/α,β-unsaturated/α-hetero) is 1. The van der Waals surface area contributed by atoms with Crippen LogP contribution in [-0.4, -0.2) is 34.3 Å². The van der Waals surface area contributed by atoms with Crippen LogP contribution in [0.2, 0.25) is 0 Å². The summed E-state index contributed by atoms with van der Waals surface area (Å²) in [4.78, 5) is 36.5. The summed E-state index contributed by atoms with van der Waals surface area (Å²) in [6.45, 7) is 5.03. The number of aromatic nitrogens is 1. The number of aliphatic carboxylic acids is 1. The zero-order chi connectivity index (χ0) is 14.6. The molecular weight excluding hydrogens is 248 g/mol. The molecule has 0 fully saturated rings. The van der Waals surface area contributed by atoms with Crippen LogP contribution in [0.15, 0.2) is 12.3 Å². The summed E-state index contributed by atoms with van der Waals surface area (Å²) in [5.41, 5.74) is 0.668. The van der Waals surface area contributed by atoms with Gasteiger partial charge in [0.1, 0.15) is 5.69 Å². The van der Waals surface area contributed by atoms with Gasteiger partial charge in [-0.3, -0.25) is 14.4 Å². The molecule has 1 heterocycles. The third kappa shape index (κ3) is 3.94. The number of hydrogen-bond donors (Lipinski definition) is 3. The molecule has 6 heteroatoms. The third-order valence-corrected chi connectivity index (χ3v) is 2.94. The molecule has 1 unspecified atom stereocenters. The fourth-order valence-electron chi connectivity index (χ4n) is 1.63. The van der Waals surface area contributed by atoms with Crippen molar-refractivity contribution >= 4 is 17.7 Å². The van der Waals surface area contributed by atoms with Crippen molar-refractivity contribution in [2.75, 3.05) is 6.54 Å². The van der Waals surface area contributed by atoms with Gasteiger partial charge in [0.05, 0.1) is 5.92 Å². The Morgan fingerprint density at radius 3 is 2.42 bits per heavy atom. The van der Waals surface area contributed by atoms with Gasteiger partial charge in [0.15, 0.2) is 5.78 Å². The highest BCUT2D eigenvalue weighted by atomic mass is 16.4. The molecule has 0 radical (unpaired) electrons. The lowest BCUT2D eigenvalue weighted by Gasteiger charge is -2.16. The summed E-state index contributed by atoms with van der Waals surface area (Å²) in [6.07, 6.45) is 1.45. The van der Waals surface area contributed by atoms with Gasteiger partial charge in [0.2, 0.25) is 0 Å². The molecule has 0 saturated carbocycles. The minimum atomic E-state index is -0.939. The molecule has 1 aromatic rings. The normalized spacial score (nSPS) is 12.2. The standard InChI is InChI=1S/C13H18N2O4/c1-7(2)10(13(18)19)6-15-12(17)11-4-9(5-14-11)8(3)16/h4-5,7,10,14H,6H2,1-3H3,(H,15,17)(H,18,19). The average Bonchev–Trinajstić information content (AvgIpc) is 2.77.